The van der Waals surface area contributed by atoms with Crippen LogP contribution in [0.5, 0.6) is 0 Å². The fraction of sp³-hybridized carbons (Fsp3) is 0.407. The molecule has 1 amide bonds. The van der Waals surface area contributed by atoms with Crippen molar-refractivity contribution in [2.45, 2.75) is 44.2 Å². The topological polar surface area (TPSA) is 98.6 Å². The molecule has 188 valence electrons. The molecule has 36 heavy (non-hydrogen) atoms. The number of pyridine rings is 1. The van der Waals surface area contributed by atoms with E-state index < -0.39 is 6.16 Å². The first-order valence-corrected chi connectivity index (χ1v) is 12.4. The molecule has 3 heterocycles. The number of aryl methyl sites for hydroxylation is 1. The molecule has 3 aliphatic rings. The maximum Gasteiger partial charge on any atom is 0.511 e. The zero-order valence-electron chi connectivity index (χ0n) is 20.4. The highest BCUT2D eigenvalue weighted by molar-refractivity contribution is 5.94. The van der Waals surface area contributed by atoms with Gasteiger partial charge in [0.15, 0.2) is 0 Å². The number of ether oxygens (including phenoxy) is 1. The SMILES string of the molecule is CN(C(=O)c1ccc2c(c1)C(N1C=NC=C(OC(=O)O)C1)CCC2)C1CCN(c2ccncc2)CC1. The summed E-state index contributed by atoms with van der Waals surface area (Å²) in [6.45, 7) is 2.14. The first kappa shape index (κ1) is 23.8. The van der Waals surface area contributed by atoms with Gasteiger partial charge in [-0.15, -0.1) is 0 Å². The van der Waals surface area contributed by atoms with Crippen molar-refractivity contribution < 1.29 is 19.4 Å². The summed E-state index contributed by atoms with van der Waals surface area (Å²) in [4.78, 5) is 39.0. The van der Waals surface area contributed by atoms with Crippen LogP contribution in [0.2, 0.25) is 0 Å². The quantitative estimate of drug-likeness (QED) is 0.632. The maximum absolute atomic E-state index is 13.5. The molecule has 0 bridgehead atoms. The van der Waals surface area contributed by atoms with Crippen LogP contribution in [0, 0.1) is 0 Å². The van der Waals surface area contributed by atoms with Gasteiger partial charge in [-0.25, -0.2) is 9.79 Å². The van der Waals surface area contributed by atoms with Crippen molar-refractivity contribution in [3.05, 3.63) is 71.4 Å². The van der Waals surface area contributed by atoms with E-state index in [1.807, 2.05) is 53.5 Å². The van der Waals surface area contributed by atoms with E-state index in [4.69, 9.17) is 9.84 Å². The van der Waals surface area contributed by atoms with Gasteiger partial charge >= 0.3 is 6.16 Å². The Kier molecular flexibility index (Phi) is 6.88. The fourth-order valence-corrected chi connectivity index (χ4v) is 5.51. The van der Waals surface area contributed by atoms with Crippen LogP contribution < -0.4 is 4.90 Å². The monoisotopic (exact) mass is 489 g/mol. The molecule has 1 aliphatic carbocycles. The molecule has 2 aromatic rings. The Labute approximate surface area is 210 Å². The average molecular weight is 490 g/mol. The van der Waals surface area contributed by atoms with Crippen molar-refractivity contribution in [1.29, 1.82) is 0 Å². The van der Waals surface area contributed by atoms with E-state index in [0.717, 1.165) is 50.8 Å². The lowest BCUT2D eigenvalue weighted by Gasteiger charge is -2.38. The molecule has 1 aromatic carbocycles. The standard InChI is InChI=1S/C27H31N5O4/c1-30(21-9-13-31(14-10-21)22-7-11-28-12-8-22)26(33)20-6-5-19-3-2-4-25(24(19)15-20)32-17-23(16-29-18-32)36-27(34)35/h5-8,11-12,15-16,18,21,25H,2-4,9-10,13-14,17H2,1H3,(H,34,35). The Morgan fingerprint density at radius 1 is 1.11 bits per heavy atom. The highest BCUT2D eigenvalue weighted by atomic mass is 16.7. The molecule has 5 rings (SSSR count). The minimum atomic E-state index is -1.34. The third-order valence-corrected chi connectivity index (χ3v) is 7.43. The molecule has 1 N–H and O–H groups in total. The number of carbonyl (C=O) groups is 2. The number of aromatic nitrogens is 1. The molecule has 1 fully saturated rings. The lowest BCUT2D eigenvalue weighted by Crippen LogP contribution is -2.45. The molecular formula is C27H31N5O4. The van der Waals surface area contributed by atoms with Crippen molar-refractivity contribution >= 4 is 24.1 Å². The molecule has 0 spiro atoms. The molecule has 0 saturated carbocycles. The van der Waals surface area contributed by atoms with Crippen LogP contribution >= 0.6 is 0 Å². The number of hydrogen-bond acceptors (Lipinski definition) is 7. The van der Waals surface area contributed by atoms with Gasteiger partial charge in [-0.05, 0) is 67.5 Å². The van der Waals surface area contributed by atoms with Crippen LogP contribution in [-0.2, 0) is 11.2 Å². The Hall–Kier alpha value is -3.88. The van der Waals surface area contributed by atoms with Gasteiger partial charge in [0.2, 0.25) is 0 Å². The molecular weight excluding hydrogens is 458 g/mol. The largest absolute Gasteiger partial charge is 0.511 e. The van der Waals surface area contributed by atoms with E-state index in [9.17, 15) is 9.59 Å². The number of fused-ring (bicyclic) bond motifs is 1. The number of carboxylic acid groups (broad SMARTS) is 1. The van der Waals surface area contributed by atoms with Crippen molar-refractivity contribution in [1.82, 2.24) is 14.8 Å². The van der Waals surface area contributed by atoms with Crippen molar-refractivity contribution in [3.8, 4) is 0 Å². The second-order valence-electron chi connectivity index (χ2n) is 9.56. The minimum absolute atomic E-state index is 0.0141. The van der Waals surface area contributed by atoms with Crippen LogP contribution in [-0.4, -0.2) is 71.0 Å². The molecule has 9 nitrogen and oxygen atoms in total. The Balaban J connectivity index is 1.28. The number of aliphatic imine (C=N–C) groups is 1. The number of carbonyl (C=O) groups excluding carboxylic acids is 1. The average Bonchev–Trinajstić information content (AvgIpc) is 2.92. The van der Waals surface area contributed by atoms with Gasteiger partial charge in [-0.3, -0.25) is 9.78 Å². The Morgan fingerprint density at radius 2 is 1.89 bits per heavy atom. The Bertz CT molecular complexity index is 1170. The number of hydrogen-bond donors (Lipinski definition) is 1. The maximum atomic E-state index is 13.5. The first-order valence-electron chi connectivity index (χ1n) is 12.4. The van der Waals surface area contributed by atoms with Crippen LogP contribution in [0.1, 0.15) is 53.2 Å². The van der Waals surface area contributed by atoms with Gasteiger partial charge in [0.05, 0.1) is 25.1 Å². The van der Waals surface area contributed by atoms with Gasteiger partial charge < -0.3 is 24.5 Å². The van der Waals surface area contributed by atoms with Crippen LogP contribution in [0.4, 0.5) is 10.5 Å². The summed E-state index contributed by atoms with van der Waals surface area (Å²) in [5, 5.41) is 8.97. The minimum Gasteiger partial charge on any atom is -0.449 e. The lowest BCUT2D eigenvalue weighted by molar-refractivity contribution is 0.0708. The smallest absolute Gasteiger partial charge is 0.449 e. The van der Waals surface area contributed by atoms with Gasteiger partial charge in [-0.2, -0.15) is 0 Å². The lowest BCUT2D eigenvalue weighted by atomic mass is 9.85. The third-order valence-electron chi connectivity index (χ3n) is 7.43. The summed E-state index contributed by atoms with van der Waals surface area (Å²) in [5.41, 5.74) is 4.19. The summed E-state index contributed by atoms with van der Waals surface area (Å²) >= 11 is 0. The number of amides is 1. The summed E-state index contributed by atoms with van der Waals surface area (Å²) in [6, 6.07) is 10.3. The second-order valence-corrected chi connectivity index (χ2v) is 9.56. The molecule has 0 radical (unpaired) electrons. The Morgan fingerprint density at radius 3 is 2.64 bits per heavy atom. The predicted octanol–water partition coefficient (Wildman–Crippen LogP) is 4.08. The summed E-state index contributed by atoms with van der Waals surface area (Å²) in [7, 11) is 1.91. The summed E-state index contributed by atoms with van der Waals surface area (Å²) in [5.74, 6) is 0.328. The normalized spacial score (nSPS) is 19.9. The molecule has 2 aliphatic heterocycles. The van der Waals surface area contributed by atoms with E-state index in [1.54, 1.807) is 6.34 Å². The zero-order valence-corrected chi connectivity index (χ0v) is 20.4. The van der Waals surface area contributed by atoms with E-state index in [2.05, 4.69) is 20.9 Å². The van der Waals surface area contributed by atoms with Gasteiger partial charge in [0, 0.05) is 49.8 Å². The fourth-order valence-electron chi connectivity index (χ4n) is 5.51. The van der Waals surface area contributed by atoms with Crippen molar-refractivity contribution in [2.24, 2.45) is 4.99 Å². The number of piperidine rings is 1. The molecule has 1 unspecified atom stereocenters. The first-order chi connectivity index (χ1) is 17.5. The number of benzene rings is 1. The zero-order chi connectivity index (χ0) is 25.1. The highest BCUT2D eigenvalue weighted by Crippen LogP contribution is 2.36. The van der Waals surface area contributed by atoms with Gasteiger partial charge in [0.25, 0.3) is 5.91 Å². The summed E-state index contributed by atoms with van der Waals surface area (Å²) in [6.07, 6.45) is 10.2. The van der Waals surface area contributed by atoms with Crippen LogP contribution in [0.25, 0.3) is 0 Å². The molecule has 1 aromatic heterocycles. The van der Waals surface area contributed by atoms with Gasteiger partial charge in [0.1, 0.15) is 5.76 Å². The molecule has 1 atom stereocenters. The number of nitrogens with zero attached hydrogens (tertiary/aromatic N) is 5. The van der Waals surface area contributed by atoms with Gasteiger partial charge in [-0.1, -0.05) is 6.07 Å². The van der Waals surface area contributed by atoms with E-state index in [1.165, 1.54) is 17.5 Å². The van der Waals surface area contributed by atoms with E-state index in [-0.39, 0.29) is 18.0 Å². The van der Waals surface area contributed by atoms with Crippen molar-refractivity contribution in [3.63, 3.8) is 0 Å². The van der Waals surface area contributed by atoms with Crippen LogP contribution in [0.15, 0.2) is 59.7 Å². The van der Waals surface area contributed by atoms with E-state index in [0.29, 0.717) is 17.9 Å². The van der Waals surface area contributed by atoms with Crippen molar-refractivity contribution in [2.75, 3.05) is 31.6 Å². The summed E-state index contributed by atoms with van der Waals surface area (Å²) < 4.78 is 4.85. The second kappa shape index (κ2) is 10.4. The number of rotatable bonds is 5. The highest BCUT2D eigenvalue weighted by Gasteiger charge is 2.30. The van der Waals surface area contributed by atoms with Crippen LogP contribution in [0.3, 0.4) is 0 Å². The number of anilines is 1. The molecule has 9 heteroatoms. The predicted molar refractivity (Wildman–Crippen MR) is 136 cm³/mol. The molecule has 1 saturated heterocycles. The van der Waals surface area contributed by atoms with E-state index >= 15 is 0 Å². The third kappa shape index (κ3) is 5.05.